The maximum atomic E-state index is 12.2. The van der Waals surface area contributed by atoms with Crippen LogP contribution in [0.5, 0.6) is 5.75 Å². The van der Waals surface area contributed by atoms with E-state index in [0.29, 0.717) is 12.3 Å². The lowest BCUT2D eigenvalue weighted by atomic mass is 10.00. The molecule has 122 valence electrons. The summed E-state index contributed by atoms with van der Waals surface area (Å²) in [5.74, 6) is 1.75. The highest BCUT2D eigenvalue weighted by atomic mass is 35.5. The molecule has 1 fully saturated rings. The Morgan fingerprint density at radius 3 is 3.00 bits per heavy atom. The molecular weight excluding hydrogens is 300 g/mol. The molecule has 2 aliphatic rings. The van der Waals surface area contributed by atoms with Crippen molar-refractivity contribution in [3.8, 4) is 5.75 Å². The first-order chi connectivity index (χ1) is 10.3. The number of amides is 1. The molecule has 1 amide bonds. The van der Waals surface area contributed by atoms with Crippen molar-refractivity contribution in [2.75, 3.05) is 19.7 Å². The van der Waals surface area contributed by atoms with Gasteiger partial charge < -0.3 is 15.4 Å². The Morgan fingerprint density at radius 2 is 2.18 bits per heavy atom. The van der Waals surface area contributed by atoms with E-state index < -0.39 is 0 Å². The number of para-hydroxylation sites is 1. The van der Waals surface area contributed by atoms with Gasteiger partial charge in [-0.1, -0.05) is 18.2 Å². The van der Waals surface area contributed by atoms with Gasteiger partial charge in [0.1, 0.15) is 5.75 Å². The van der Waals surface area contributed by atoms with E-state index in [1.54, 1.807) is 0 Å². The van der Waals surface area contributed by atoms with Gasteiger partial charge >= 0.3 is 0 Å². The van der Waals surface area contributed by atoms with Gasteiger partial charge in [-0.3, -0.25) is 4.79 Å². The van der Waals surface area contributed by atoms with Crippen molar-refractivity contribution in [2.24, 2.45) is 5.92 Å². The van der Waals surface area contributed by atoms with Gasteiger partial charge in [0.05, 0.1) is 12.6 Å². The summed E-state index contributed by atoms with van der Waals surface area (Å²) >= 11 is 0. The average Bonchev–Trinajstić information content (AvgIpc) is 2.94. The highest BCUT2D eigenvalue weighted by Gasteiger charge is 2.22. The fourth-order valence-electron chi connectivity index (χ4n) is 3.24. The van der Waals surface area contributed by atoms with E-state index in [4.69, 9.17) is 4.74 Å². The molecule has 2 N–H and O–H groups in total. The minimum atomic E-state index is 0. The smallest absolute Gasteiger partial charge is 0.220 e. The molecule has 1 aromatic rings. The van der Waals surface area contributed by atoms with Crippen LogP contribution in [-0.4, -0.2) is 25.6 Å². The lowest BCUT2D eigenvalue weighted by Gasteiger charge is -2.19. The van der Waals surface area contributed by atoms with Gasteiger partial charge in [0.25, 0.3) is 0 Å². The van der Waals surface area contributed by atoms with Gasteiger partial charge in [-0.05, 0) is 50.8 Å². The van der Waals surface area contributed by atoms with Crippen LogP contribution in [0, 0.1) is 5.92 Å². The summed E-state index contributed by atoms with van der Waals surface area (Å²) in [4.78, 5) is 12.2. The number of hydrogen-bond acceptors (Lipinski definition) is 3. The van der Waals surface area contributed by atoms with Crippen molar-refractivity contribution < 1.29 is 9.53 Å². The largest absolute Gasteiger partial charge is 0.493 e. The van der Waals surface area contributed by atoms with Crippen LogP contribution < -0.4 is 15.4 Å². The summed E-state index contributed by atoms with van der Waals surface area (Å²) in [6.07, 6.45) is 4.75. The number of benzene rings is 1. The summed E-state index contributed by atoms with van der Waals surface area (Å²) < 4.78 is 5.74. The summed E-state index contributed by atoms with van der Waals surface area (Å²) in [6.45, 7) is 2.89. The van der Waals surface area contributed by atoms with Gasteiger partial charge in [0.2, 0.25) is 5.91 Å². The molecule has 3 rings (SSSR count). The third-order valence-corrected chi connectivity index (χ3v) is 4.47. The van der Waals surface area contributed by atoms with Crippen LogP contribution in [0.25, 0.3) is 0 Å². The van der Waals surface area contributed by atoms with Crippen LogP contribution in [-0.2, 0) is 4.79 Å². The minimum Gasteiger partial charge on any atom is -0.493 e. The van der Waals surface area contributed by atoms with Crippen molar-refractivity contribution in [3.05, 3.63) is 29.8 Å². The maximum Gasteiger partial charge on any atom is 0.220 e. The van der Waals surface area contributed by atoms with Crippen molar-refractivity contribution in [1.29, 1.82) is 0 Å². The van der Waals surface area contributed by atoms with Gasteiger partial charge in [-0.15, -0.1) is 12.4 Å². The van der Waals surface area contributed by atoms with Crippen molar-refractivity contribution in [2.45, 2.75) is 38.1 Å². The number of carbonyl (C=O) groups excluding carboxylic acids is 1. The van der Waals surface area contributed by atoms with Crippen molar-refractivity contribution >= 4 is 18.3 Å². The van der Waals surface area contributed by atoms with Crippen LogP contribution in [0.3, 0.4) is 0 Å². The van der Waals surface area contributed by atoms with Crippen molar-refractivity contribution in [1.82, 2.24) is 10.6 Å². The molecule has 0 aliphatic carbocycles. The molecule has 0 bridgehead atoms. The lowest BCUT2D eigenvalue weighted by Crippen LogP contribution is -2.28. The highest BCUT2D eigenvalue weighted by molar-refractivity contribution is 5.85. The maximum absolute atomic E-state index is 12.2. The molecule has 2 unspecified atom stereocenters. The van der Waals surface area contributed by atoms with Crippen LogP contribution in [0.15, 0.2) is 24.3 Å². The second kappa shape index (κ2) is 8.39. The number of nitrogens with one attached hydrogen (secondary N) is 2. The Kier molecular flexibility index (Phi) is 6.52. The molecule has 1 aromatic carbocycles. The molecule has 5 heteroatoms. The zero-order valence-corrected chi connectivity index (χ0v) is 13.7. The molecule has 2 atom stereocenters. The van der Waals surface area contributed by atoms with E-state index >= 15 is 0 Å². The second-order valence-corrected chi connectivity index (χ2v) is 6.05. The van der Waals surface area contributed by atoms with Crippen LogP contribution in [0.2, 0.25) is 0 Å². The SMILES string of the molecule is Cl.O=C(CCC1CCNC1)NC1CCCOc2ccccc21. The van der Waals surface area contributed by atoms with Gasteiger partial charge in [0.15, 0.2) is 0 Å². The molecule has 0 aromatic heterocycles. The number of carbonyl (C=O) groups is 1. The Labute approximate surface area is 138 Å². The second-order valence-electron chi connectivity index (χ2n) is 6.05. The molecule has 0 saturated carbocycles. The zero-order chi connectivity index (χ0) is 14.5. The number of rotatable bonds is 4. The number of halogens is 1. The Hall–Kier alpha value is -1.26. The molecule has 0 spiro atoms. The molecule has 0 radical (unpaired) electrons. The van der Waals surface area contributed by atoms with Crippen LogP contribution in [0.1, 0.15) is 43.7 Å². The fraction of sp³-hybridized carbons (Fsp3) is 0.588. The average molecular weight is 325 g/mol. The molecular formula is C17H25ClN2O2. The normalized spacial score (nSPS) is 23.6. The predicted octanol–water partition coefficient (Wildman–Crippen LogP) is 2.83. The fourth-order valence-corrected chi connectivity index (χ4v) is 3.24. The van der Waals surface area contributed by atoms with E-state index in [9.17, 15) is 4.79 Å². The molecule has 2 aliphatic heterocycles. The standard InChI is InChI=1S/C17H24N2O2.ClH/c20-17(8-7-13-9-10-18-12-13)19-15-5-3-11-21-16-6-2-1-4-14(15)16;/h1-2,4,6,13,15,18H,3,5,7-12H2,(H,19,20);1H. The summed E-state index contributed by atoms with van der Waals surface area (Å²) in [6, 6.07) is 8.14. The third kappa shape index (κ3) is 4.37. The molecule has 1 saturated heterocycles. The van der Waals surface area contributed by atoms with Gasteiger partial charge in [-0.2, -0.15) is 0 Å². The molecule has 2 heterocycles. The first-order valence-corrected chi connectivity index (χ1v) is 8.05. The van der Waals surface area contributed by atoms with E-state index in [1.807, 2.05) is 18.2 Å². The first-order valence-electron chi connectivity index (χ1n) is 8.05. The zero-order valence-electron chi connectivity index (χ0n) is 12.8. The van der Waals surface area contributed by atoms with E-state index in [-0.39, 0.29) is 24.4 Å². The monoisotopic (exact) mass is 324 g/mol. The highest BCUT2D eigenvalue weighted by Crippen LogP contribution is 2.31. The van der Waals surface area contributed by atoms with Gasteiger partial charge in [-0.25, -0.2) is 0 Å². The molecule has 4 nitrogen and oxygen atoms in total. The van der Waals surface area contributed by atoms with Crippen LogP contribution in [0.4, 0.5) is 0 Å². The number of fused-ring (bicyclic) bond motifs is 1. The van der Waals surface area contributed by atoms with E-state index in [0.717, 1.165) is 50.3 Å². The van der Waals surface area contributed by atoms with Crippen LogP contribution >= 0.6 is 12.4 Å². The third-order valence-electron chi connectivity index (χ3n) is 4.47. The lowest BCUT2D eigenvalue weighted by molar-refractivity contribution is -0.122. The van der Waals surface area contributed by atoms with E-state index in [1.165, 1.54) is 6.42 Å². The Bertz CT molecular complexity index is 489. The predicted molar refractivity (Wildman–Crippen MR) is 89.5 cm³/mol. The van der Waals surface area contributed by atoms with Gasteiger partial charge in [0, 0.05) is 12.0 Å². The van der Waals surface area contributed by atoms with E-state index in [2.05, 4.69) is 16.7 Å². The topological polar surface area (TPSA) is 50.4 Å². The molecule has 22 heavy (non-hydrogen) atoms. The number of ether oxygens (including phenoxy) is 1. The quantitative estimate of drug-likeness (QED) is 0.895. The summed E-state index contributed by atoms with van der Waals surface area (Å²) in [5, 5.41) is 6.55. The van der Waals surface area contributed by atoms with Crippen molar-refractivity contribution in [3.63, 3.8) is 0 Å². The minimum absolute atomic E-state index is 0. The summed E-state index contributed by atoms with van der Waals surface area (Å²) in [5.41, 5.74) is 1.12. The number of hydrogen-bond donors (Lipinski definition) is 2. The summed E-state index contributed by atoms with van der Waals surface area (Å²) in [7, 11) is 0. The first kappa shape index (κ1) is 17.1. The Balaban J connectivity index is 0.00000176. The Morgan fingerprint density at radius 1 is 1.32 bits per heavy atom.